The Balaban J connectivity index is 1.29. The van der Waals surface area contributed by atoms with Crippen LogP contribution >= 0.6 is 0 Å². The molecule has 0 radical (unpaired) electrons. The van der Waals surface area contributed by atoms with Crippen LogP contribution in [-0.2, 0) is 11.3 Å². The Bertz CT molecular complexity index is 1050. The van der Waals surface area contributed by atoms with Gasteiger partial charge in [-0.15, -0.1) is 0 Å². The van der Waals surface area contributed by atoms with Crippen molar-refractivity contribution in [2.75, 3.05) is 41.8 Å². The van der Waals surface area contributed by atoms with E-state index in [4.69, 9.17) is 4.74 Å². The molecular formula is C24H25N5O3. The molecule has 1 aromatic heterocycles. The lowest BCUT2D eigenvalue weighted by Crippen LogP contribution is -2.36. The summed E-state index contributed by atoms with van der Waals surface area (Å²) in [6, 6.07) is 19.5. The zero-order chi connectivity index (χ0) is 22.2. The number of urea groups is 1. The number of carbonyl (C=O) groups is 2. The summed E-state index contributed by atoms with van der Waals surface area (Å²) in [5.41, 5.74) is 2.79. The van der Waals surface area contributed by atoms with Crippen LogP contribution in [0.3, 0.4) is 0 Å². The highest BCUT2D eigenvalue weighted by Crippen LogP contribution is 2.15. The van der Waals surface area contributed by atoms with E-state index in [0.717, 1.165) is 24.5 Å². The maximum atomic E-state index is 12.5. The Morgan fingerprint density at radius 1 is 0.906 bits per heavy atom. The number of anilines is 3. The summed E-state index contributed by atoms with van der Waals surface area (Å²) in [7, 11) is 0. The summed E-state index contributed by atoms with van der Waals surface area (Å²) < 4.78 is 5.38. The van der Waals surface area contributed by atoms with Crippen molar-refractivity contribution in [2.24, 2.45) is 0 Å². The first-order valence-corrected chi connectivity index (χ1v) is 10.5. The van der Waals surface area contributed by atoms with Gasteiger partial charge < -0.3 is 25.6 Å². The fourth-order valence-corrected chi connectivity index (χ4v) is 3.34. The van der Waals surface area contributed by atoms with Gasteiger partial charge in [-0.05, 0) is 54.1 Å². The number of nitrogens with one attached hydrogen (secondary N) is 3. The third-order valence-corrected chi connectivity index (χ3v) is 5.03. The van der Waals surface area contributed by atoms with Crippen molar-refractivity contribution in [3.8, 4) is 0 Å². The molecule has 8 heteroatoms. The normalized spacial score (nSPS) is 13.3. The summed E-state index contributed by atoms with van der Waals surface area (Å²) in [5, 5.41) is 8.43. The van der Waals surface area contributed by atoms with Gasteiger partial charge in [0.25, 0.3) is 5.91 Å². The van der Waals surface area contributed by atoms with Crippen molar-refractivity contribution in [1.82, 2.24) is 10.3 Å². The molecule has 0 bridgehead atoms. The standard InChI is InChI=1S/C24H25N5O3/c30-23(26-17-18-10-11-25-22(16-18)29-12-14-32-15-13-29)19-6-8-21(9-7-19)28-24(31)27-20-4-2-1-3-5-20/h1-11,16H,12-15,17H2,(H,26,30)(H2,27,28,31). The van der Waals surface area contributed by atoms with E-state index in [-0.39, 0.29) is 11.9 Å². The lowest BCUT2D eigenvalue weighted by atomic mass is 10.2. The van der Waals surface area contributed by atoms with Gasteiger partial charge >= 0.3 is 6.03 Å². The van der Waals surface area contributed by atoms with Crippen molar-refractivity contribution in [1.29, 1.82) is 0 Å². The van der Waals surface area contributed by atoms with Crippen LogP contribution in [0.5, 0.6) is 0 Å². The lowest BCUT2D eigenvalue weighted by molar-refractivity contribution is 0.0951. The highest BCUT2D eigenvalue weighted by Gasteiger charge is 2.13. The van der Waals surface area contributed by atoms with Crippen LogP contribution in [0, 0.1) is 0 Å². The Labute approximate surface area is 186 Å². The van der Waals surface area contributed by atoms with Crippen molar-refractivity contribution in [3.63, 3.8) is 0 Å². The number of rotatable bonds is 6. The number of pyridine rings is 1. The van der Waals surface area contributed by atoms with Crippen LogP contribution in [0.15, 0.2) is 72.9 Å². The molecule has 2 heterocycles. The molecule has 3 amide bonds. The quantitative estimate of drug-likeness (QED) is 0.555. The van der Waals surface area contributed by atoms with Crippen molar-refractivity contribution in [3.05, 3.63) is 84.1 Å². The molecule has 164 valence electrons. The average Bonchev–Trinajstić information content (AvgIpc) is 2.84. The minimum atomic E-state index is -0.345. The van der Waals surface area contributed by atoms with Gasteiger partial charge in [-0.2, -0.15) is 0 Å². The Morgan fingerprint density at radius 2 is 1.59 bits per heavy atom. The van der Waals surface area contributed by atoms with Gasteiger partial charge in [0.05, 0.1) is 13.2 Å². The number of ether oxygens (including phenoxy) is 1. The molecule has 1 aliphatic heterocycles. The van der Waals surface area contributed by atoms with E-state index in [1.807, 2.05) is 30.3 Å². The fourth-order valence-electron chi connectivity index (χ4n) is 3.34. The molecule has 8 nitrogen and oxygen atoms in total. The average molecular weight is 431 g/mol. The topological polar surface area (TPSA) is 95.6 Å². The number of morpholine rings is 1. The molecule has 4 rings (SSSR count). The monoisotopic (exact) mass is 431 g/mol. The molecule has 1 aliphatic rings. The predicted molar refractivity (Wildman–Crippen MR) is 124 cm³/mol. The molecule has 0 unspecified atom stereocenters. The molecule has 0 aliphatic carbocycles. The van der Waals surface area contributed by atoms with E-state index < -0.39 is 0 Å². The van der Waals surface area contributed by atoms with Crippen LogP contribution in [-0.4, -0.2) is 43.2 Å². The van der Waals surface area contributed by atoms with Gasteiger partial charge in [0, 0.05) is 42.8 Å². The van der Waals surface area contributed by atoms with E-state index in [1.165, 1.54) is 0 Å². The number of benzene rings is 2. The molecule has 2 aromatic carbocycles. The van der Waals surface area contributed by atoms with Gasteiger partial charge in [0.15, 0.2) is 0 Å². The van der Waals surface area contributed by atoms with Gasteiger partial charge in [0.2, 0.25) is 0 Å². The number of para-hydroxylation sites is 1. The minimum Gasteiger partial charge on any atom is -0.378 e. The maximum Gasteiger partial charge on any atom is 0.323 e. The summed E-state index contributed by atoms with van der Waals surface area (Å²) in [6.45, 7) is 3.42. The summed E-state index contributed by atoms with van der Waals surface area (Å²) in [5.74, 6) is 0.708. The van der Waals surface area contributed by atoms with Crippen LogP contribution in [0.4, 0.5) is 22.0 Å². The second-order valence-electron chi connectivity index (χ2n) is 7.33. The van der Waals surface area contributed by atoms with E-state index in [1.54, 1.807) is 42.6 Å². The number of amides is 3. The van der Waals surface area contributed by atoms with Crippen LogP contribution in [0.1, 0.15) is 15.9 Å². The van der Waals surface area contributed by atoms with Crippen molar-refractivity contribution < 1.29 is 14.3 Å². The van der Waals surface area contributed by atoms with Gasteiger partial charge in [-0.3, -0.25) is 4.79 Å². The second-order valence-corrected chi connectivity index (χ2v) is 7.33. The highest BCUT2D eigenvalue weighted by atomic mass is 16.5. The zero-order valence-electron chi connectivity index (χ0n) is 17.6. The third-order valence-electron chi connectivity index (χ3n) is 5.03. The van der Waals surface area contributed by atoms with Gasteiger partial charge in [0.1, 0.15) is 5.82 Å². The first-order valence-electron chi connectivity index (χ1n) is 10.5. The smallest absolute Gasteiger partial charge is 0.323 e. The number of hydrogen-bond donors (Lipinski definition) is 3. The maximum absolute atomic E-state index is 12.5. The first-order chi connectivity index (χ1) is 15.7. The molecule has 0 saturated carbocycles. The predicted octanol–water partition coefficient (Wildman–Crippen LogP) is 3.49. The van der Waals surface area contributed by atoms with Crippen LogP contribution in [0.25, 0.3) is 0 Å². The summed E-state index contributed by atoms with van der Waals surface area (Å²) in [4.78, 5) is 31.2. The first kappa shape index (κ1) is 21.3. The molecule has 1 fully saturated rings. The SMILES string of the molecule is O=C(Nc1ccccc1)Nc1ccc(C(=O)NCc2ccnc(N3CCOCC3)c2)cc1. The number of carbonyl (C=O) groups excluding carboxylic acids is 2. The van der Waals surface area contributed by atoms with Crippen molar-refractivity contribution >= 4 is 29.1 Å². The largest absolute Gasteiger partial charge is 0.378 e. The van der Waals surface area contributed by atoms with Crippen LogP contribution in [0.2, 0.25) is 0 Å². The molecule has 32 heavy (non-hydrogen) atoms. The number of aromatic nitrogens is 1. The Hall–Kier alpha value is -3.91. The molecule has 3 aromatic rings. The molecule has 1 saturated heterocycles. The van der Waals surface area contributed by atoms with Gasteiger partial charge in [-0.25, -0.2) is 9.78 Å². The molecule has 0 atom stereocenters. The van der Waals surface area contributed by atoms with E-state index >= 15 is 0 Å². The summed E-state index contributed by atoms with van der Waals surface area (Å²) in [6.07, 6.45) is 1.76. The minimum absolute atomic E-state index is 0.185. The van der Waals surface area contributed by atoms with Crippen molar-refractivity contribution in [2.45, 2.75) is 6.54 Å². The Kier molecular flexibility index (Phi) is 6.94. The lowest BCUT2D eigenvalue weighted by Gasteiger charge is -2.28. The Morgan fingerprint density at radius 3 is 2.31 bits per heavy atom. The van der Waals surface area contributed by atoms with E-state index in [0.29, 0.717) is 36.7 Å². The number of nitrogens with zero attached hydrogens (tertiary/aromatic N) is 2. The second kappa shape index (κ2) is 10.4. The fraction of sp³-hybridized carbons (Fsp3) is 0.208. The zero-order valence-corrected chi connectivity index (χ0v) is 17.6. The van der Waals surface area contributed by atoms with Crippen LogP contribution < -0.4 is 20.9 Å². The molecular weight excluding hydrogens is 406 g/mol. The molecule has 3 N–H and O–H groups in total. The highest BCUT2D eigenvalue weighted by molar-refractivity contribution is 6.00. The third kappa shape index (κ3) is 5.83. The summed E-state index contributed by atoms with van der Waals surface area (Å²) >= 11 is 0. The van der Waals surface area contributed by atoms with E-state index in [9.17, 15) is 9.59 Å². The van der Waals surface area contributed by atoms with Gasteiger partial charge in [-0.1, -0.05) is 18.2 Å². The van der Waals surface area contributed by atoms with E-state index in [2.05, 4.69) is 25.8 Å². The number of hydrogen-bond acceptors (Lipinski definition) is 5. The molecule has 0 spiro atoms.